The average Bonchev–Trinajstić information content (AvgIpc) is 3.32. The van der Waals surface area contributed by atoms with Gasteiger partial charge in [0.05, 0.1) is 24.2 Å². The summed E-state index contributed by atoms with van der Waals surface area (Å²) in [5, 5.41) is 2.69. The fourth-order valence-corrected chi connectivity index (χ4v) is 7.69. The van der Waals surface area contributed by atoms with Crippen LogP contribution in [0, 0.1) is 0 Å². The Balaban J connectivity index is 0.000000909. The summed E-state index contributed by atoms with van der Waals surface area (Å²) in [6.45, 7) is 4.64. The Hall–Kier alpha value is -3.61. The summed E-state index contributed by atoms with van der Waals surface area (Å²) in [5.41, 5.74) is -2.10. The van der Waals surface area contributed by atoms with Gasteiger partial charge in [0.2, 0.25) is 0 Å². The van der Waals surface area contributed by atoms with E-state index in [1.165, 1.54) is 37.8 Å². The van der Waals surface area contributed by atoms with Gasteiger partial charge in [0.15, 0.2) is 16.2 Å². The summed E-state index contributed by atoms with van der Waals surface area (Å²) in [4.78, 5) is 38.9. The first kappa shape index (κ1) is 30.4. The molecule has 1 amide bonds. The van der Waals surface area contributed by atoms with Gasteiger partial charge in [-0.25, -0.2) is 17.5 Å². The number of hydrogen-bond donors (Lipinski definition) is 1. The van der Waals surface area contributed by atoms with Gasteiger partial charge in [0.25, 0.3) is 15.9 Å². The second-order valence-electron chi connectivity index (χ2n) is 9.77. The van der Waals surface area contributed by atoms with Crippen molar-refractivity contribution < 1.29 is 27.5 Å². The van der Waals surface area contributed by atoms with Gasteiger partial charge in [-0.05, 0) is 68.9 Å². The van der Waals surface area contributed by atoms with Crippen molar-refractivity contribution in [3.63, 3.8) is 0 Å². The predicted octanol–water partition coefficient (Wildman–Crippen LogP) is 4.30. The maximum atomic E-state index is 14.4. The Kier molecular flexibility index (Phi) is 8.40. The molecule has 0 aliphatic carbocycles. The molecule has 1 spiro atoms. The van der Waals surface area contributed by atoms with Gasteiger partial charge in [0, 0.05) is 10.0 Å². The number of hydrogen-bond acceptors (Lipinski definition) is 7. The molecule has 0 bridgehead atoms. The first-order valence-corrected chi connectivity index (χ1v) is 15.1. The summed E-state index contributed by atoms with van der Waals surface area (Å²) in [7, 11) is -3.24. The molecule has 2 heterocycles. The number of ether oxygens (including phenoxy) is 1. The van der Waals surface area contributed by atoms with Crippen LogP contribution in [0.15, 0.2) is 88.2 Å². The molecule has 1 fully saturated rings. The number of halogens is 1. The minimum atomic E-state index is -4.40. The third-order valence-corrected chi connectivity index (χ3v) is 9.72. The molecule has 214 valence electrons. The maximum absolute atomic E-state index is 14.4. The van der Waals surface area contributed by atoms with Crippen LogP contribution in [0.25, 0.3) is 0 Å². The molecule has 0 unspecified atom stereocenters. The molecule has 12 heteroatoms. The lowest BCUT2D eigenvalue weighted by Crippen LogP contribution is -2.66. The highest BCUT2D eigenvalue weighted by molar-refractivity contribution is 9.10. The van der Waals surface area contributed by atoms with Crippen LogP contribution in [0.3, 0.4) is 0 Å². The van der Waals surface area contributed by atoms with E-state index >= 15 is 0 Å². The minimum Gasteiger partial charge on any atom is -0.467 e. The second-order valence-corrected chi connectivity index (χ2v) is 12.9. The zero-order valence-corrected chi connectivity index (χ0v) is 26.0. The minimum absolute atomic E-state index is 0.0908. The zero-order valence-electron chi connectivity index (χ0n) is 22.8. The number of Topliss-reactive ketones (excluding diaryl/α,β-unsaturated/α-hetero) is 1. The normalized spacial score (nSPS) is 21.2. The first-order valence-electron chi connectivity index (χ1n) is 12.5. The Morgan fingerprint density at radius 2 is 1.54 bits per heavy atom. The van der Waals surface area contributed by atoms with Crippen LogP contribution in [-0.2, 0) is 41.2 Å². The van der Waals surface area contributed by atoms with E-state index in [4.69, 9.17) is 17.0 Å². The largest absolute Gasteiger partial charge is 0.467 e. The molecule has 2 atom stereocenters. The third kappa shape index (κ3) is 4.93. The van der Waals surface area contributed by atoms with Crippen molar-refractivity contribution in [2.75, 3.05) is 12.0 Å². The Labute approximate surface area is 252 Å². The highest BCUT2D eigenvalue weighted by atomic mass is 79.9. The smallest absolute Gasteiger partial charge is 0.336 e. The summed E-state index contributed by atoms with van der Waals surface area (Å²) >= 11 is 8.84. The lowest BCUT2D eigenvalue weighted by atomic mass is 9.75. The fraction of sp³-hybridized carbons (Fsp3) is 0.241. The molecule has 3 aromatic carbocycles. The van der Waals surface area contributed by atoms with Crippen LogP contribution < -0.4 is 10.2 Å². The summed E-state index contributed by atoms with van der Waals surface area (Å²) < 4.78 is 34.6. The van der Waals surface area contributed by atoms with E-state index in [2.05, 4.69) is 21.2 Å². The SMILES string of the molecule is CC(C)=O.COC(=O)[C@@]1(C)N(S(=O)(=O)c2ccc(Br)cc2)C(=S)N[C@@]12C(=O)N(Cc1ccccc1)c1ccccc12. The Bertz CT molecular complexity index is 1630. The number of carbonyl (C=O) groups is 3. The molecule has 41 heavy (non-hydrogen) atoms. The Morgan fingerprint density at radius 3 is 2.12 bits per heavy atom. The van der Waals surface area contributed by atoms with E-state index in [9.17, 15) is 22.8 Å². The number of methoxy groups -OCH3 is 1. The number of rotatable bonds is 5. The number of sulfonamides is 1. The molecule has 2 aliphatic heterocycles. The number of benzene rings is 3. The fourth-order valence-electron chi connectivity index (χ4n) is 5.15. The number of esters is 1. The van der Waals surface area contributed by atoms with Crippen molar-refractivity contribution in [1.29, 1.82) is 0 Å². The second kappa shape index (κ2) is 11.3. The first-order chi connectivity index (χ1) is 19.3. The van der Waals surface area contributed by atoms with Crippen LogP contribution >= 0.6 is 28.1 Å². The average molecular weight is 659 g/mol. The number of para-hydroxylation sites is 1. The number of nitrogens with one attached hydrogen (secondary N) is 1. The van der Waals surface area contributed by atoms with Crippen molar-refractivity contribution in [1.82, 2.24) is 9.62 Å². The summed E-state index contributed by atoms with van der Waals surface area (Å²) in [6.07, 6.45) is 0. The van der Waals surface area contributed by atoms with Gasteiger partial charge < -0.3 is 19.7 Å². The molecule has 9 nitrogen and oxygen atoms in total. The molecule has 1 saturated heterocycles. The quantitative estimate of drug-likeness (QED) is 0.319. The topological polar surface area (TPSA) is 113 Å². The molecule has 0 radical (unpaired) electrons. The van der Waals surface area contributed by atoms with Gasteiger partial charge in [-0.2, -0.15) is 0 Å². The molecule has 1 N–H and O–H groups in total. The van der Waals surface area contributed by atoms with E-state index in [0.717, 1.165) is 17.0 Å². The highest BCUT2D eigenvalue weighted by Gasteiger charge is 2.75. The summed E-state index contributed by atoms with van der Waals surface area (Å²) in [6, 6.07) is 22.3. The van der Waals surface area contributed by atoms with E-state index in [-0.39, 0.29) is 22.3 Å². The number of nitrogens with zero attached hydrogens (tertiary/aromatic N) is 2. The predicted molar refractivity (Wildman–Crippen MR) is 161 cm³/mol. The maximum Gasteiger partial charge on any atom is 0.336 e. The molecule has 0 aromatic heterocycles. The van der Waals surface area contributed by atoms with Crippen LogP contribution in [0.4, 0.5) is 5.69 Å². The van der Waals surface area contributed by atoms with Crippen molar-refractivity contribution in [3.8, 4) is 0 Å². The van der Waals surface area contributed by atoms with Crippen molar-refractivity contribution in [2.45, 2.75) is 43.3 Å². The number of carbonyl (C=O) groups excluding carboxylic acids is 3. The van der Waals surface area contributed by atoms with E-state index in [1.807, 2.05) is 30.3 Å². The molecular formula is C29H28BrN3O6S2. The van der Waals surface area contributed by atoms with Crippen LogP contribution in [0.5, 0.6) is 0 Å². The third-order valence-electron chi connectivity index (χ3n) is 6.90. The number of fused-ring (bicyclic) bond motifs is 2. The lowest BCUT2D eigenvalue weighted by molar-refractivity contribution is -0.155. The molecule has 3 aromatic rings. The molecule has 2 aliphatic rings. The van der Waals surface area contributed by atoms with Gasteiger partial charge in [-0.15, -0.1) is 0 Å². The molecular weight excluding hydrogens is 630 g/mol. The van der Waals surface area contributed by atoms with Crippen LogP contribution in [0.1, 0.15) is 31.9 Å². The monoisotopic (exact) mass is 657 g/mol. The van der Waals surface area contributed by atoms with Crippen molar-refractivity contribution in [2.24, 2.45) is 0 Å². The van der Waals surface area contributed by atoms with Gasteiger partial charge >= 0.3 is 5.97 Å². The standard InChI is InChI=1S/C26H22BrN3O5S2.C3H6O/c1-25(23(32)35-2)26(28-24(36)30(25)37(33,34)19-14-12-18(27)13-15-19)20-10-6-7-11-21(20)29(22(26)31)16-17-8-4-3-5-9-17;1-3(2)4/h3-15H,16H2,1-2H3,(H,28,36);1-2H3/t25-,26+;/m1./s1. The molecule has 0 saturated carbocycles. The van der Waals surface area contributed by atoms with Crippen molar-refractivity contribution >= 4 is 66.6 Å². The van der Waals surface area contributed by atoms with Gasteiger partial charge in [0.1, 0.15) is 5.78 Å². The number of anilines is 1. The summed E-state index contributed by atoms with van der Waals surface area (Å²) in [5.74, 6) is -1.27. The van der Waals surface area contributed by atoms with Crippen molar-refractivity contribution in [3.05, 3.63) is 94.5 Å². The van der Waals surface area contributed by atoms with Crippen LogP contribution in [-0.4, -0.2) is 48.1 Å². The highest BCUT2D eigenvalue weighted by Crippen LogP contribution is 2.53. The number of amides is 1. The van der Waals surface area contributed by atoms with E-state index in [1.54, 1.807) is 36.4 Å². The number of thiocarbonyl (C=S) groups is 1. The van der Waals surface area contributed by atoms with Gasteiger partial charge in [-0.3, -0.25) is 4.79 Å². The number of ketones is 1. The lowest BCUT2D eigenvalue weighted by Gasteiger charge is -2.40. The Morgan fingerprint density at radius 1 is 0.976 bits per heavy atom. The zero-order chi connectivity index (χ0) is 30.2. The van der Waals surface area contributed by atoms with E-state index < -0.39 is 33.0 Å². The molecule has 5 rings (SSSR count). The van der Waals surface area contributed by atoms with Gasteiger partial charge in [-0.1, -0.05) is 64.5 Å². The van der Waals surface area contributed by atoms with Crippen LogP contribution in [0.2, 0.25) is 0 Å². The van der Waals surface area contributed by atoms with E-state index in [0.29, 0.717) is 15.7 Å².